The molecule has 5 nitrogen and oxygen atoms in total. The SMILES string of the molecule is COC(=O)CCSCc1cccc(NC(=O)C2CCCN2)c1. The van der Waals surface area contributed by atoms with Gasteiger partial charge in [-0.3, -0.25) is 9.59 Å². The van der Waals surface area contributed by atoms with Crippen molar-refractivity contribution in [3.8, 4) is 0 Å². The number of carbonyl (C=O) groups excluding carboxylic acids is 2. The molecule has 2 N–H and O–H groups in total. The van der Waals surface area contributed by atoms with Crippen LogP contribution in [0.3, 0.4) is 0 Å². The zero-order chi connectivity index (χ0) is 15.8. The predicted molar refractivity (Wildman–Crippen MR) is 88.9 cm³/mol. The minimum Gasteiger partial charge on any atom is -0.469 e. The number of benzene rings is 1. The second-order valence-electron chi connectivity index (χ2n) is 5.22. The molecular weight excluding hydrogens is 300 g/mol. The van der Waals surface area contributed by atoms with Crippen molar-refractivity contribution in [1.82, 2.24) is 5.32 Å². The third-order valence-electron chi connectivity index (χ3n) is 3.52. The number of hydrogen-bond donors (Lipinski definition) is 2. The zero-order valence-corrected chi connectivity index (χ0v) is 13.6. The molecule has 0 aliphatic carbocycles. The minimum atomic E-state index is -0.183. The Hall–Kier alpha value is -1.53. The average Bonchev–Trinajstić information content (AvgIpc) is 3.06. The van der Waals surface area contributed by atoms with E-state index < -0.39 is 0 Å². The lowest BCUT2D eigenvalue weighted by Gasteiger charge is -2.12. The summed E-state index contributed by atoms with van der Waals surface area (Å²) in [7, 11) is 1.40. The molecule has 1 aromatic carbocycles. The molecule has 120 valence electrons. The van der Waals surface area contributed by atoms with Gasteiger partial charge in [0.2, 0.25) is 5.91 Å². The van der Waals surface area contributed by atoms with Crippen LogP contribution in [0, 0.1) is 0 Å². The molecule has 6 heteroatoms. The van der Waals surface area contributed by atoms with Crippen LogP contribution in [0.5, 0.6) is 0 Å². The summed E-state index contributed by atoms with van der Waals surface area (Å²) in [5.41, 5.74) is 1.96. The van der Waals surface area contributed by atoms with Crippen LogP contribution < -0.4 is 10.6 Å². The number of methoxy groups -OCH3 is 1. The number of rotatable bonds is 7. The van der Waals surface area contributed by atoms with E-state index in [1.807, 2.05) is 24.3 Å². The molecule has 0 saturated carbocycles. The van der Waals surface area contributed by atoms with Crippen LogP contribution in [-0.4, -0.2) is 37.3 Å². The van der Waals surface area contributed by atoms with Gasteiger partial charge in [0, 0.05) is 17.2 Å². The Labute approximate surface area is 135 Å². The standard InChI is InChI=1S/C16H22N2O3S/c1-21-15(19)7-9-22-11-12-4-2-5-13(10-12)18-16(20)14-6-3-8-17-14/h2,4-5,10,14,17H,3,6-9,11H2,1H3,(H,18,20). The van der Waals surface area contributed by atoms with Gasteiger partial charge in [-0.2, -0.15) is 11.8 Å². The Kier molecular flexibility index (Phi) is 6.74. The van der Waals surface area contributed by atoms with Crippen molar-refractivity contribution in [2.24, 2.45) is 0 Å². The van der Waals surface area contributed by atoms with E-state index in [1.54, 1.807) is 11.8 Å². The van der Waals surface area contributed by atoms with Crippen LogP contribution in [0.25, 0.3) is 0 Å². The highest BCUT2D eigenvalue weighted by Crippen LogP contribution is 2.18. The van der Waals surface area contributed by atoms with Gasteiger partial charge in [-0.1, -0.05) is 12.1 Å². The Balaban J connectivity index is 1.79. The first-order valence-corrected chi connectivity index (χ1v) is 8.62. The predicted octanol–water partition coefficient (Wildman–Crippen LogP) is 2.17. The number of nitrogens with one attached hydrogen (secondary N) is 2. The van der Waals surface area contributed by atoms with Gasteiger partial charge in [0.05, 0.1) is 19.6 Å². The van der Waals surface area contributed by atoms with Crippen molar-refractivity contribution < 1.29 is 14.3 Å². The van der Waals surface area contributed by atoms with E-state index in [2.05, 4.69) is 15.4 Å². The highest BCUT2D eigenvalue weighted by Gasteiger charge is 2.21. The largest absolute Gasteiger partial charge is 0.469 e. The van der Waals surface area contributed by atoms with Crippen molar-refractivity contribution in [2.45, 2.75) is 31.1 Å². The summed E-state index contributed by atoms with van der Waals surface area (Å²) < 4.78 is 4.61. The van der Waals surface area contributed by atoms with E-state index in [9.17, 15) is 9.59 Å². The summed E-state index contributed by atoms with van der Waals surface area (Å²) in [4.78, 5) is 23.1. The lowest BCUT2D eigenvalue weighted by molar-refractivity contribution is -0.140. The topological polar surface area (TPSA) is 67.4 Å². The fraction of sp³-hybridized carbons (Fsp3) is 0.500. The Morgan fingerprint density at radius 3 is 3.05 bits per heavy atom. The van der Waals surface area contributed by atoms with Crippen LogP contribution in [0.15, 0.2) is 24.3 Å². The number of carbonyl (C=O) groups is 2. The molecule has 22 heavy (non-hydrogen) atoms. The lowest BCUT2D eigenvalue weighted by atomic mass is 10.2. The van der Waals surface area contributed by atoms with Crippen LogP contribution in [0.4, 0.5) is 5.69 Å². The Morgan fingerprint density at radius 1 is 1.45 bits per heavy atom. The van der Waals surface area contributed by atoms with E-state index >= 15 is 0 Å². The maximum atomic E-state index is 12.1. The fourth-order valence-electron chi connectivity index (χ4n) is 2.32. The van der Waals surface area contributed by atoms with E-state index in [0.29, 0.717) is 6.42 Å². The molecule has 2 rings (SSSR count). The van der Waals surface area contributed by atoms with Crippen LogP contribution in [0.2, 0.25) is 0 Å². The van der Waals surface area contributed by atoms with E-state index in [-0.39, 0.29) is 17.9 Å². The monoisotopic (exact) mass is 322 g/mol. The molecule has 1 saturated heterocycles. The molecule has 1 aliphatic rings. The lowest BCUT2D eigenvalue weighted by Crippen LogP contribution is -2.35. The average molecular weight is 322 g/mol. The van der Waals surface area contributed by atoms with Crippen molar-refractivity contribution in [1.29, 1.82) is 0 Å². The van der Waals surface area contributed by atoms with Crippen LogP contribution >= 0.6 is 11.8 Å². The van der Waals surface area contributed by atoms with Gasteiger partial charge in [0.15, 0.2) is 0 Å². The quantitative estimate of drug-likeness (QED) is 0.595. The van der Waals surface area contributed by atoms with Crippen molar-refractivity contribution >= 4 is 29.3 Å². The van der Waals surface area contributed by atoms with Gasteiger partial charge in [-0.25, -0.2) is 0 Å². The molecule has 0 spiro atoms. The molecule has 1 amide bonds. The van der Waals surface area contributed by atoms with E-state index in [4.69, 9.17) is 0 Å². The summed E-state index contributed by atoms with van der Waals surface area (Å²) >= 11 is 1.68. The number of ether oxygens (including phenoxy) is 1. The van der Waals surface area contributed by atoms with Gasteiger partial charge in [-0.15, -0.1) is 0 Å². The minimum absolute atomic E-state index is 0.0352. The summed E-state index contributed by atoms with van der Waals surface area (Å²) in [6.07, 6.45) is 2.37. The number of esters is 1. The molecule has 0 bridgehead atoms. The molecule has 1 aliphatic heterocycles. The normalized spacial score (nSPS) is 17.2. The molecular formula is C16H22N2O3S. The summed E-state index contributed by atoms with van der Waals surface area (Å²) in [6, 6.07) is 7.77. The van der Waals surface area contributed by atoms with E-state index in [0.717, 1.165) is 42.1 Å². The van der Waals surface area contributed by atoms with Gasteiger partial charge < -0.3 is 15.4 Å². The van der Waals surface area contributed by atoms with Crippen molar-refractivity contribution in [3.63, 3.8) is 0 Å². The Morgan fingerprint density at radius 2 is 2.32 bits per heavy atom. The maximum Gasteiger partial charge on any atom is 0.306 e. The van der Waals surface area contributed by atoms with E-state index in [1.165, 1.54) is 7.11 Å². The molecule has 1 atom stereocenters. The zero-order valence-electron chi connectivity index (χ0n) is 12.8. The summed E-state index contributed by atoms with van der Waals surface area (Å²) in [6.45, 7) is 0.912. The summed E-state index contributed by atoms with van der Waals surface area (Å²) in [5, 5.41) is 6.15. The number of thioether (sulfide) groups is 1. The van der Waals surface area contributed by atoms with Gasteiger partial charge in [0.25, 0.3) is 0 Å². The second-order valence-corrected chi connectivity index (χ2v) is 6.32. The maximum absolute atomic E-state index is 12.1. The first kappa shape index (κ1) is 16.8. The third-order valence-corrected chi connectivity index (χ3v) is 4.55. The number of anilines is 1. The first-order chi connectivity index (χ1) is 10.7. The summed E-state index contributed by atoms with van der Waals surface area (Å²) in [5.74, 6) is 1.39. The van der Waals surface area contributed by atoms with Crippen LogP contribution in [0.1, 0.15) is 24.8 Å². The smallest absolute Gasteiger partial charge is 0.306 e. The number of hydrogen-bond acceptors (Lipinski definition) is 5. The molecule has 0 radical (unpaired) electrons. The highest BCUT2D eigenvalue weighted by atomic mass is 32.2. The Bertz CT molecular complexity index is 516. The second kappa shape index (κ2) is 8.80. The molecule has 1 fully saturated rings. The van der Waals surface area contributed by atoms with Crippen LogP contribution in [-0.2, 0) is 20.1 Å². The first-order valence-electron chi connectivity index (χ1n) is 7.47. The van der Waals surface area contributed by atoms with Crippen molar-refractivity contribution in [3.05, 3.63) is 29.8 Å². The molecule has 1 unspecified atom stereocenters. The molecule has 1 aromatic rings. The molecule has 1 heterocycles. The van der Waals surface area contributed by atoms with Gasteiger partial charge >= 0.3 is 5.97 Å². The van der Waals surface area contributed by atoms with Crippen molar-refractivity contribution in [2.75, 3.05) is 24.7 Å². The van der Waals surface area contributed by atoms with Gasteiger partial charge in [0.1, 0.15) is 0 Å². The number of amides is 1. The highest BCUT2D eigenvalue weighted by molar-refractivity contribution is 7.98. The third kappa shape index (κ3) is 5.35. The fourth-order valence-corrected chi connectivity index (χ4v) is 3.19. The molecule has 0 aromatic heterocycles. The van der Waals surface area contributed by atoms with Gasteiger partial charge in [-0.05, 0) is 37.1 Å².